The Morgan fingerprint density at radius 3 is 1.26 bits per heavy atom. The highest BCUT2D eigenvalue weighted by molar-refractivity contribution is 5.91. The summed E-state index contributed by atoms with van der Waals surface area (Å²) in [5, 5.41) is 33.1. The minimum absolute atomic E-state index is 0.112. The van der Waals surface area contributed by atoms with Crippen molar-refractivity contribution in [2.75, 3.05) is 0 Å². The molecule has 0 aromatic heterocycles. The maximum Gasteiger partial charge on any atom is 0.0675 e. The largest absolute Gasteiger partial charge is 0.390 e. The molecule has 0 amide bonds. The molecular weight excluding hydrogens is 564 g/mol. The fraction of sp³-hybridized carbons (Fsp3) is 0.952. The van der Waals surface area contributed by atoms with Crippen LogP contribution in [-0.2, 0) is 0 Å². The predicted molar refractivity (Wildman–Crippen MR) is 189 cm³/mol. The Labute approximate surface area is 281 Å². The molecule has 0 aromatic rings. The van der Waals surface area contributed by atoms with Gasteiger partial charge < -0.3 is 10.2 Å². The van der Waals surface area contributed by atoms with Crippen molar-refractivity contribution in [2.45, 2.75) is 169 Å². The molecule has 0 bridgehead atoms. The molecule has 8 aliphatic carbocycles. The van der Waals surface area contributed by atoms with E-state index in [9.17, 15) is 10.2 Å². The van der Waals surface area contributed by atoms with Gasteiger partial charge in [0.15, 0.2) is 0 Å². The molecule has 0 aliphatic heterocycles. The van der Waals surface area contributed by atoms with Crippen molar-refractivity contribution in [2.24, 2.45) is 91.0 Å². The Morgan fingerprint density at radius 1 is 0.500 bits per heavy atom. The lowest BCUT2D eigenvalue weighted by molar-refractivity contribution is -0.142. The Balaban J connectivity index is 0.969. The van der Waals surface area contributed by atoms with Crippen LogP contribution in [0.1, 0.15) is 158 Å². The Bertz CT molecular complexity index is 1200. The van der Waals surface area contributed by atoms with Gasteiger partial charge in [-0.2, -0.15) is 10.2 Å². The normalized spacial score (nSPS) is 61.3. The van der Waals surface area contributed by atoms with E-state index >= 15 is 0 Å². The number of hydrogen-bond acceptors (Lipinski definition) is 4. The van der Waals surface area contributed by atoms with Crippen molar-refractivity contribution < 1.29 is 10.2 Å². The fourth-order valence-electron chi connectivity index (χ4n) is 15.7. The zero-order valence-electron chi connectivity index (χ0n) is 30.9. The van der Waals surface area contributed by atoms with Gasteiger partial charge in [0.2, 0.25) is 0 Å². The van der Waals surface area contributed by atoms with E-state index in [4.69, 9.17) is 10.2 Å². The summed E-state index contributed by atoms with van der Waals surface area (Å²) in [7, 11) is 0. The second-order valence-electron chi connectivity index (χ2n) is 20.7. The second-order valence-corrected chi connectivity index (χ2v) is 20.7. The molecule has 4 nitrogen and oxygen atoms in total. The van der Waals surface area contributed by atoms with Gasteiger partial charge in [0.05, 0.1) is 11.2 Å². The van der Waals surface area contributed by atoms with Crippen LogP contribution in [0.4, 0.5) is 0 Å². The summed E-state index contributed by atoms with van der Waals surface area (Å²) in [5.74, 6) is 7.15. The van der Waals surface area contributed by atoms with Crippen LogP contribution in [0.25, 0.3) is 0 Å². The molecule has 4 heteroatoms. The average molecular weight is 633 g/mol. The van der Waals surface area contributed by atoms with E-state index in [0.717, 1.165) is 61.2 Å². The number of hydrogen-bond donors (Lipinski definition) is 2. The third-order valence-electron chi connectivity index (χ3n) is 19.1. The predicted octanol–water partition coefficient (Wildman–Crippen LogP) is 9.86. The molecule has 4 unspecified atom stereocenters. The molecular formula is C42H68N2O2. The lowest BCUT2D eigenvalue weighted by atomic mass is 9.43. The highest BCUT2D eigenvalue weighted by Crippen LogP contribution is 2.70. The van der Waals surface area contributed by atoms with Crippen LogP contribution in [0.3, 0.4) is 0 Å². The molecule has 2 N–H and O–H groups in total. The van der Waals surface area contributed by atoms with Gasteiger partial charge in [-0.1, -0.05) is 41.5 Å². The van der Waals surface area contributed by atoms with E-state index in [-0.39, 0.29) is 10.8 Å². The van der Waals surface area contributed by atoms with Crippen molar-refractivity contribution in [1.29, 1.82) is 0 Å². The van der Waals surface area contributed by atoms with E-state index in [1.54, 1.807) is 0 Å². The van der Waals surface area contributed by atoms with Gasteiger partial charge in [0, 0.05) is 11.4 Å². The van der Waals surface area contributed by atoms with Gasteiger partial charge in [-0.15, -0.1) is 0 Å². The number of fused-ring (bicyclic) bond motifs is 10. The summed E-state index contributed by atoms with van der Waals surface area (Å²) in [5.41, 5.74) is 2.86. The van der Waals surface area contributed by atoms with Gasteiger partial charge >= 0.3 is 0 Å². The fourth-order valence-corrected chi connectivity index (χ4v) is 15.7. The van der Waals surface area contributed by atoms with Crippen LogP contribution in [0, 0.1) is 80.8 Å². The third kappa shape index (κ3) is 4.29. The summed E-state index contributed by atoms with van der Waals surface area (Å²) in [6.45, 7) is 19.4. The van der Waals surface area contributed by atoms with Crippen LogP contribution >= 0.6 is 0 Å². The van der Waals surface area contributed by atoms with Crippen molar-refractivity contribution in [1.82, 2.24) is 0 Å². The number of rotatable bonds is 1. The SMILES string of the molecule is C[C@@H]1C[C@@]2(C)C(CCC3C2CC[C@@]2(C)C3CC[C@]2(C)O)CC1=NN=C1C[C@@H]2CC[C@@H]3[C@H](CC[C@@]4(C)[C@H]3CC[C@]4(C)O)[C@@]2(C)C[C@H]1C. The summed E-state index contributed by atoms with van der Waals surface area (Å²) in [4.78, 5) is 0. The molecule has 0 aromatic carbocycles. The van der Waals surface area contributed by atoms with Crippen molar-refractivity contribution in [3.8, 4) is 0 Å². The van der Waals surface area contributed by atoms with Crippen LogP contribution in [0.5, 0.6) is 0 Å². The van der Waals surface area contributed by atoms with Gasteiger partial charge in [-0.05, 0) is 197 Å². The minimum atomic E-state index is -0.484. The molecule has 0 spiro atoms. The molecule has 258 valence electrons. The highest BCUT2D eigenvalue weighted by Gasteiger charge is 2.65. The first-order valence-electron chi connectivity index (χ1n) is 20.1. The first-order valence-corrected chi connectivity index (χ1v) is 20.1. The molecule has 0 heterocycles. The maximum atomic E-state index is 11.3. The first-order chi connectivity index (χ1) is 21.5. The van der Waals surface area contributed by atoms with Crippen LogP contribution in [0.2, 0.25) is 0 Å². The topological polar surface area (TPSA) is 65.2 Å². The Kier molecular flexibility index (Phi) is 7.34. The van der Waals surface area contributed by atoms with E-state index in [0.29, 0.717) is 34.5 Å². The summed E-state index contributed by atoms with van der Waals surface area (Å²) in [6.07, 6.45) is 19.7. The summed E-state index contributed by atoms with van der Waals surface area (Å²) in [6, 6.07) is 0. The van der Waals surface area contributed by atoms with Crippen LogP contribution in [-0.4, -0.2) is 32.8 Å². The quantitative estimate of drug-likeness (QED) is 0.283. The molecule has 8 rings (SSSR count). The summed E-state index contributed by atoms with van der Waals surface area (Å²) < 4.78 is 0. The molecule has 46 heavy (non-hydrogen) atoms. The van der Waals surface area contributed by atoms with E-state index in [1.807, 2.05) is 0 Å². The molecule has 0 saturated heterocycles. The highest BCUT2D eigenvalue weighted by atomic mass is 16.3. The van der Waals surface area contributed by atoms with Crippen molar-refractivity contribution >= 4 is 11.4 Å². The molecule has 8 saturated carbocycles. The lowest BCUT2D eigenvalue weighted by Crippen LogP contribution is -2.57. The van der Waals surface area contributed by atoms with Gasteiger partial charge in [0.25, 0.3) is 0 Å². The van der Waals surface area contributed by atoms with Crippen LogP contribution < -0.4 is 0 Å². The van der Waals surface area contributed by atoms with E-state index in [2.05, 4.69) is 55.4 Å². The molecule has 16 atom stereocenters. The van der Waals surface area contributed by atoms with E-state index < -0.39 is 11.2 Å². The van der Waals surface area contributed by atoms with Gasteiger partial charge in [-0.25, -0.2) is 0 Å². The third-order valence-corrected chi connectivity index (χ3v) is 19.1. The molecule has 0 radical (unpaired) electrons. The second kappa shape index (κ2) is 10.4. The summed E-state index contributed by atoms with van der Waals surface area (Å²) >= 11 is 0. The van der Waals surface area contributed by atoms with Crippen molar-refractivity contribution in [3.05, 3.63) is 0 Å². The average Bonchev–Trinajstić information content (AvgIpc) is 3.38. The monoisotopic (exact) mass is 633 g/mol. The Morgan fingerprint density at radius 2 is 0.870 bits per heavy atom. The van der Waals surface area contributed by atoms with Crippen molar-refractivity contribution in [3.63, 3.8) is 0 Å². The van der Waals surface area contributed by atoms with Gasteiger partial charge in [-0.3, -0.25) is 0 Å². The van der Waals surface area contributed by atoms with E-state index in [1.165, 1.54) is 88.5 Å². The zero-order chi connectivity index (χ0) is 32.7. The smallest absolute Gasteiger partial charge is 0.0675 e. The standard InChI is InChI=1S/C42H68N2O2/c1-25-23-37(3)27(9-11-29-31(37)13-17-39(5)33(29)15-19-41(39,7)45)21-35(25)43-44-36-22-28-10-12-30-32(38(28,4)24-26(36)2)14-18-40(6)34(30)16-20-42(40,8)46/h25-34,45-46H,9-24H2,1-8H3/t25-,26-,27+,28?,29-,30?,31+,32?,33+,34?,37+,38+,39+,40+,41+,42+/m1/s1. The number of nitrogens with zero attached hydrogens (tertiary/aromatic N) is 2. The Hall–Kier alpha value is -0.740. The zero-order valence-corrected chi connectivity index (χ0v) is 30.9. The van der Waals surface area contributed by atoms with Gasteiger partial charge in [0.1, 0.15) is 0 Å². The molecule has 8 fully saturated rings. The minimum Gasteiger partial charge on any atom is -0.390 e. The lowest BCUT2D eigenvalue weighted by Gasteiger charge is -2.62. The van der Waals surface area contributed by atoms with Crippen LogP contribution in [0.15, 0.2) is 10.2 Å². The molecule has 8 aliphatic rings. The maximum absolute atomic E-state index is 11.3. The first kappa shape index (κ1) is 32.5. The number of aliphatic hydroxyl groups is 2.